The molecule has 0 aromatic heterocycles. The van der Waals surface area contributed by atoms with Crippen LogP contribution in [0.25, 0.3) is 0 Å². The first-order chi connectivity index (χ1) is 7.18. The Labute approximate surface area is 87.0 Å². The maximum Gasteiger partial charge on any atom is 0.342 e. The molecular formula is C11H10N2O2. The van der Waals surface area contributed by atoms with Crippen LogP contribution in [-0.2, 0) is 10.3 Å². The lowest BCUT2D eigenvalue weighted by Crippen LogP contribution is -2.33. The summed E-state index contributed by atoms with van der Waals surface area (Å²) < 4.78 is 0. The highest BCUT2D eigenvalue weighted by Crippen LogP contribution is 2.37. The molecule has 0 aliphatic carbocycles. The third kappa shape index (κ3) is 1.26. The van der Waals surface area contributed by atoms with E-state index >= 15 is 0 Å². The van der Waals surface area contributed by atoms with Crippen LogP contribution < -0.4 is 0 Å². The van der Waals surface area contributed by atoms with E-state index in [-0.39, 0.29) is 0 Å². The molecule has 1 unspecified atom stereocenters. The number of benzene rings is 1. The maximum absolute atomic E-state index is 11.3. The molecule has 1 aromatic rings. The fraction of sp³-hybridized carbons (Fsp3) is 0.182. The zero-order valence-corrected chi connectivity index (χ0v) is 8.21. The molecule has 0 spiro atoms. The number of azo groups is 1. The van der Waals surface area contributed by atoms with E-state index in [0.717, 1.165) is 0 Å². The van der Waals surface area contributed by atoms with Gasteiger partial charge in [0.05, 0.1) is 6.20 Å². The zero-order chi connectivity index (χ0) is 10.9. The Morgan fingerprint density at radius 3 is 2.47 bits per heavy atom. The molecule has 0 bridgehead atoms. The summed E-state index contributed by atoms with van der Waals surface area (Å²) in [4.78, 5) is 11.3. The molecule has 76 valence electrons. The summed E-state index contributed by atoms with van der Waals surface area (Å²) in [5.74, 6) is -0.997. The highest BCUT2D eigenvalue weighted by molar-refractivity contribution is 5.85. The largest absolute Gasteiger partial charge is 0.479 e. The summed E-state index contributed by atoms with van der Waals surface area (Å²) in [5, 5.41) is 16.8. The van der Waals surface area contributed by atoms with E-state index in [1.807, 2.05) is 6.07 Å². The van der Waals surface area contributed by atoms with Crippen LogP contribution in [-0.4, -0.2) is 11.1 Å². The van der Waals surface area contributed by atoms with Gasteiger partial charge in [0, 0.05) is 0 Å². The van der Waals surface area contributed by atoms with Crippen molar-refractivity contribution in [1.82, 2.24) is 0 Å². The first-order valence-electron chi connectivity index (χ1n) is 4.56. The number of rotatable bonds is 2. The van der Waals surface area contributed by atoms with E-state index in [1.54, 1.807) is 31.2 Å². The number of hydrogen-bond acceptors (Lipinski definition) is 3. The van der Waals surface area contributed by atoms with Gasteiger partial charge in [-0.3, -0.25) is 0 Å². The van der Waals surface area contributed by atoms with Crippen LogP contribution in [0.4, 0.5) is 0 Å². The highest BCUT2D eigenvalue weighted by Gasteiger charge is 2.44. The van der Waals surface area contributed by atoms with Crippen LogP contribution in [0.3, 0.4) is 0 Å². The molecule has 1 N–H and O–H groups in total. The second-order valence-corrected chi connectivity index (χ2v) is 3.41. The van der Waals surface area contributed by atoms with E-state index < -0.39 is 11.5 Å². The molecule has 1 aliphatic heterocycles. The molecule has 0 fully saturated rings. The quantitative estimate of drug-likeness (QED) is 0.799. The molecule has 0 saturated heterocycles. The van der Waals surface area contributed by atoms with Gasteiger partial charge in [-0.2, -0.15) is 10.2 Å². The van der Waals surface area contributed by atoms with Crippen molar-refractivity contribution in [2.45, 2.75) is 12.5 Å². The van der Waals surface area contributed by atoms with Gasteiger partial charge in [0.1, 0.15) is 0 Å². The molecule has 0 amide bonds. The third-order valence-electron chi connectivity index (χ3n) is 2.53. The number of aliphatic carboxylic acids is 1. The van der Waals surface area contributed by atoms with Gasteiger partial charge in [-0.15, -0.1) is 0 Å². The van der Waals surface area contributed by atoms with Gasteiger partial charge >= 0.3 is 5.97 Å². The monoisotopic (exact) mass is 202 g/mol. The average Bonchev–Trinajstić information content (AvgIpc) is 2.62. The van der Waals surface area contributed by atoms with Gasteiger partial charge in [0.2, 0.25) is 5.54 Å². The topological polar surface area (TPSA) is 62.0 Å². The SMILES string of the molecule is CC1=CN=NC1(C(=O)O)c1ccccc1. The molecule has 2 rings (SSSR count). The second-order valence-electron chi connectivity index (χ2n) is 3.41. The van der Waals surface area contributed by atoms with Crippen LogP contribution in [0.5, 0.6) is 0 Å². The normalized spacial score (nSPS) is 23.9. The van der Waals surface area contributed by atoms with Crippen LogP contribution in [0.1, 0.15) is 12.5 Å². The first kappa shape index (κ1) is 9.58. The number of carbonyl (C=O) groups is 1. The van der Waals surface area contributed by atoms with Crippen molar-refractivity contribution in [3.63, 3.8) is 0 Å². The van der Waals surface area contributed by atoms with Gasteiger partial charge < -0.3 is 5.11 Å². The minimum Gasteiger partial charge on any atom is -0.479 e. The predicted molar refractivity (Wildman–Crippen MR) is 54.4 cm³/mol. The van der Waals surface area contributed by atoms with Gasteiger partial charge in [0.25, 0.3) is 0 Å². The Balaban J connectivity index is 2.60. The molecule has 1 aromatic carbocycles. The number of carboxylic acid groups (broad SMARTS) is 1. The van der Waals surface area contributed by atoms with Crippen molar-refractivity contribution < 1.29 is 9.90 Å². The van der Waals surface area contributed by atoms with E-state index in [9.17, 15) is 9.90 Å². The van der Waals surface area contributed by atoms with E-state index in [4.69, 9.17) is 0 Å². The molecule has 4 nitrogen and oxygen atoms in total. The molecule has 0 radical (unpaired) electrons. The fourth-order valence-electron chi connectivity index (χ4n) is 1.67. The summed E-state index contributed by atoms with van der Waals surface area (Å²) in [6, 6.07) is 8.91. The summed E-state index contributed by atoms with van der Waals surface area (Å²) in [6.45, 7) is 1.72. The van der Waals surface area contributed by atoms with Crippen molar-refractivity contribution in [3.05, 3.63) is 47.7 Å². The first-order valence-corrected chi connectivity index (χ1v) is 4.56. The lowest BCUT2D eigenvalue weighted by molar-refractivity contribution is -0.142. The van der Waals surface area contributed by atoms with E-state index in [2.05, 4.69) is 10.2 Å². The van der Waals surface area contributed by atoms with Gasteiger partial charge in [-0.25, -0.2) is 4.79 Å². The number of nitrogens with zero attached hydrogens (tertiary/aromatic N) is 2. The van der Waals surface area contributed by atoms with Crippen molar-refractivity contribution >= 4 is 5.97 Å². The van der Waals surface area contributed by atoms with Crippen LogP contribution in [0, 0.1) is 0 Å². The molecule has 15 heavy (non-hydrogen) atoms. The Morgan fingerprint density at radius 2 is 2.00 bits per heavy atom. The van der Waals surface area contributed by atoms with Crippen molar-refractivity contribution in [3.8, 4) is 0 Å². The van der Waals surface area contributed by atoms with E-state index in [1.165, 1.54) is 6.20 Å². The van der Waals surface area contributed by atoms with Crippen molar-refractivity contribution in [2.75, 3.05) is 0 Å². The van der Waals surface area contributed by atoms with Gasteiger partial charge in [-0.1, -0.05) is 30.3 Å². The Bertz CT molecular complexity index is 451. The lowest BCUT2D eigenvalue weighted by Gasteiger charge is -2.21. The lowest BCUT2D eigenvalue weighted by atomic mass is 9.85. The minimum atomic E-state index is -1.32. The highest BCUT2D eigenvalue weighted by atomic mass is 16.4. The molecule has 0 saturated carbocycles. The Hall–Kier alpha value is -1.97. The van der Waals surface area contributed by atoms with Crippen LogP contribution in [0.15, 0.2) is 52.3 Å². The van der Waals surface area contributed by atoms with E-state index in [0.29, 0.717) is 11.1 Å². The molecule has 1 aliphatic rings. The molecule has 1 heterocycles. The van der Waals surface area contributed by atoms with Crippen molar-refractivity contribution in [2.24, 2.45) is 10.2 Å². The van der Waals surface area contributed by atoms with Gasteiger partial charge in [-0.05, 0) is 18.1 Å². The maximum atomic E-state index is 11.3. The van der Waals surface area contributed by atoms with Crippen LogP contribution in [0.2, 0.25) is 0 Å². The molecule has 1 atom stereocenters. The van der Waals surface area contributed by atoms with Crippen molar-refractivity contribution in [1.29, 1.82) is 0 Å². The minimum absolute atomic E-state index is 0.626. The average molecular weight is 202 g/mol. The smallest absolute Gasteiger partial charge is 0.342 e. The third-order valence-corrected chi connectivity index (χ3v) is 2.53. The second kappa shape index (κ2) is 3.31. The number of hydrogen-bond donors (Lipinski definition) is 1. The number of carboxylic acids is 1. The summed E-state index contributed by atoms with van der Waals surface area (Å²) in [5.41, 5.74) is -0.0601. The summed E-state index contributed by atoms with van der Waals surface area (Å²) in [7, 11) is 0. The fourth-order valence-corrected chi connectivity index (χ4v) is 1.67. The van der Waals surface area contributed by atoms with Crippen LogP contribution >= 0.6 is 0 Å². The Morgan fingerprint density at radius 1 is 1.33 bits per heavy atom. The Kier molecular flexibility index (Phi) is 2.11. The molecule has 4 heteroatoms. The summed E-state index contributed by atoms with van der Waals surface area (Å²) in [6.07, 6.45) is 1.49. The molecular weight excluding hydrogens is 192 g/mol. The van der Waals surface area contributed by atoms with Gasteiger partial charge in [0.15, 0.2) is 0 Å². The predicted octanol–water partition coefficient (Wildman–Crippen LogP) is 2.34. The zero-order valence-electron chi connectivity index (χ0n) is 8.21. The standard InChI is InChI=1S/C11H10N2O2/c1-8-7-12-13-11(8,10(14)15)9-5-3-2-4-6-9/h2-7H,1H3,(H,14,15). The summed E-state index contributed by atoms with van der Waals surface area (Å²) >= 11 is 0.